The van der Waals surface area contributed by atoms with Crippen LogP contribution in [0.15, 0.2) is 0 Å². The smallest absolute Gasteiger partial charge is 0.106 e. The molecule has 1 aliphatic heterocycles. The number of nitriles is 1. The van der Waals surface area contributed by atoms with Crippen LogP contribution in [0.4, 0.5) is 0 Å². The van der Waals surface area contributed by atoms with Gasteiger partial charge in [0.05, 0.1) is 25.4 Å². The molecule has 0 radical (unpaired) electrons. The Bertz CT molecular complexity index is 282. The summed E-state index contributed by atoms with van der Waals surface area (Å²) in [5.41, 5.74) is -0.514. The molecule has 1 fully saturated rings. The summed E-state index contributed by atoms with van der Waals surface area (Å²) >= 11 is 0. The fourth-order valence-electron chi connectivity index (χ4n) is 2.42. The molecule has 1 rings (SSSR count). The van der Waals surface area contributed by atoms with Gasteiger partial charge >= 0.3 is 0 Å². The number of nitrogens with zero attached hydrogens (tertiary/aromatic N) is 1. The molecule has 18 heavy (non-hydrogen) atoms. The van der Waals surface area contributed by atoms with Crippen molar-refractivity contribution in [3.8, 4) is 6.07 Å². The van der Waals surface area contributed by atoms with E-state index in [1.807, 2.05) is 13.8 Å². The van der Waals surface area contributed by atoms with Gasteiger partial charge in [-0.25, -0.2) is 0 Å². The third kappa shape index (κ3) is 5.34. The second kappa shape index (κ2) is 7.08. The summed E-state index contributed by atoms with van der Waals surface area (Å²) in [6.07, 6.45) is 1.88. The summed E-state index contributed by atoms with van der Waals surface area (Å²) in [5.74, 6) is 0.527. The standard InChI is InChI=1S/C14H26N2O2/c1-11(2)16-14(4,10-15)7-12(3)18-9-13-5-6-17-8-13/h11-13,16H,5-9H2,1-4H3. The molecule has 104 valence electrons. The van der Waals surface area contributed by atoms with E-state index in [0.717, 1.165) is 26.2 Å². The van der Waals surface area contributed by atoms with Crippen molar-refractivity contribution < 1.29 is 9.47 Å². The van der Waals surface area contributed by atoms with Crippen LogP contribution in [-0.4, -0.2) is 37.5 Å². The molecule has 1 aliphatic rings. The molecule has 4 nitrogen and oxygen atoms in total. The van der Waals surface area contributed by atoms with E-state index in [2.05, 4.69) is 25.2 Å². The van der Waals surface area contributed by atoms with E-state index in [-0.39, 0.29) is 6.10 Å². The highest BCUT2D eigenvalue weighted by molar-refractivity contribution is 5.05. The van der Waals surface area contributed by atoms with Gasteiger partial charge < -0.3 is 9.47 Å². The van der Waals surface area contributed by atoms with Crippen LogP contribution in [-0.2, 0) is 9.47 Å². The summed E-state index contributed by atoms with van der Waals surface area (Å²) < 4.78 is 11.2. The molecule has 0 aromatic carbocycles. The Labute approximate surface area is 111 Å². The number of hydrogen-bond donors (Lipinski definition) is 1. The van der Waals surface area contributed by atoms with Crippen LogP contribution >= 0.6 is 0 Å². The third-order valence-corrected chi connectivity index (χ3v) is 3.19. The van der Waals surface area contributed by atoms with Gasteiger partial charge in [-0.1, -0.05) is 0 Å². The molecule has 4 heteroatoms. The van der Waals surface area contributed by atoms with Crippen molar-refractivity contribution in [2.24, 2.45) is 5.92 Å². The average Bonchev–Trinajstić information content (AvgIpc) is 2.78. The molecule has 3 unspecified atom stereocenters. The zero-order chi connectivity index (χ0) is 13.6. The number of nitrogens with one attached hydrogen (secondary N) is 1. The van der Waals surface area contributed by atoms with Crippen LogP contribution < -0.4 is 5.32 Å². The lowest BCUT2D eigenvalue weighted by atomic mass is 9.95. The SMILES string of the molecule is CC(C)NC(C)(C#N)CC(C)OCC1CCOC1. The number of rotatable bonds is 7. The zero-order valence-corrected chi connectivity index (χ0v) is 12.0. The van der Waals surface area contributed by atoms with Crippen LogP contribution in [0.5, 0.6) is 0 Å². The van der Waals surface area contributed by atoms with Crippen LogP contribution in [0.3, 0.4) is 0 Å². The topological polar surface area (TPSA) is 54.3 Å². The van der Waals surface area contributed by atoms with Crippen molar-refractivity contribution in [1.82, 2.24) is 5.32 Å². The largest absolute Gasteiger partial charge is 0.381 e. The molecule has 1 N–H and O–H groups in total. The van der Waals surface area contributed by atoms with Gasteiger partial charge in [0, 0.05) is 25.0 Å². The highest BCUT2D eigenvalue weighted by Gasteiger charge is 2.28. The highest BCUT2D eigenvalue weighted by Crippen LogP contribution is 2.18. The molecule has 0 aromatic heterocycles. The number of ether oxygens (including phenoxy) is 2. The van der Waals surface area contributed by atoms with Gasteiger partial charge in [0.15, 0.2) is 0 Å². The molecule has 0 aromatic rings. The average molecular weight is 254 g/mol. The van der Waals surface area contributed by atoms with E-state index in [0.29, 0.717) is 18.4 Å². The Morgan fingerprint density at radius 3 is 2.72 bits per heavy atom. The maximum atomic E-state index is 9.27. The monoisotopic (exact) mass is 254 g/mol. The Morgan fingerprint density at radius 1 is 1.50 bits per heavy atom. The van der Waals surface area contributed by atoms with Gasteiger partial charge in [-0.3, -0.25) is 5.32 Å². The Balaban J connectivity index is 2.32. The maximum absolute atomic E-state index is 9.27. The van der Waals surface area contributed by atoms with Crippen molar-refractivity contribution in [2.45, 2.75) is 58.2 Å². The molecular formula is C14H26N2O2. The molecular weight excluding hydrogens is 228 g/mol. The van der Waals surface area contributed by atoms with E-state index >= 15 is 0 Å². The van der Waals surface area contributed by atoms with E-state index in [9.17, 15) is 5.26 Å². The molecule has 0 amide bonds. The van der Waals surface area contributed by atoms with E-state index in [4.69, 9.17) is 9.47 Å². The molecule has 3 atom stereocenters. The summed E-state index contributed by atoms with van der Waals surface area (Å²) in [6.45, 7) is 10.5. The van der Waals surface area contributed by atoms with Gasteiger partial charge in [-0.05, 0) is 34.1 Å². The Morgan fingerprint density at radius 2 is 2.22 bits per heavy atom. The maximum Gasteiger partial charge on any atom is 0.106 e. The van der Waals surface area contributed by atoms with Crippen molar-refractivity contribution in [3.05, 3.63) is 0 Å². The minimum Gasteiger partial charge on any atom is -0.381 e. The predicted octanol–water partition coefficient (Wildman–Crippen LogP) is 2.10. The van der Waals surface area contributed by atoms with E-state index < -0.39 is 5.54 Å². The first kappa shape index (κ1) is 15.4. The second-order valence-electron chi connectivity index (χ2n) is 5.82. The second-order valence-corrected chi connectivity index (χ2v) is 5.82. The molecule has 0 spiro atoms. The lowest BCUT2D eigenvalue weighted by molar-refractivity contribution is 0.0218. The van der Waals surface area contributed by atoms with Crippen molar-refractivity contribution in [3.63, 3.8) is 0 Å². The van der Waals surface area contributed by atoms with Gasteiger partial charge in [0.1, 0.15) is 5.54 Å². The first-order chi connectivity index (χ1) is 8.45. The van der Waals surface area contributed by atoms with Crippen LogP contribution in [0, 0.1) is 17.2 Å². The molecule has 1 saturated heterocycles. The minimum atomic E-state index is -0.514. The van der Waals surface area contributed by atoms with Crippen molar-refractivity contribution in [2.75, 3.05) is 19.8 Å². The lowest BCUT2D eigenvalue weighted by Crippen LogP contribution is -2.47. The minimum absolute atomic E-state index is 0.0847. The van der Waals surface area contributed by atoms with Gasteiger partial charge in [0.25, 0.3) is 0 Å². The summed E-state index contributed by atoms with van der Waals surface area (Å²) in [7, 11) is 0. The quantitative estimate of drug-likeness (QED) is 0.756. The summed E-state index contributed by atoms with van der Waals surface area (Å²) in [6, 6.07) is 2.65. The molecule has 0 saturated carbocycles. The van der Waals surface area contributed by atoms with E-state index in [1.54, 1.807) is 0 Å². The molecule has 0 bridgehead atoms. The van der Waals surface area contributed by atoms with Crippen LogP contribution in [0.25, 0.3) is 0 Å². The van der Waals surface area contributed by atoms with Gasteiger partial charge in [-0.2, -0.15) is 5.26 Å². The van der Waals surface area contributed by atoms with Gasteiger partial charge in [-0.15, -0.1) is 0 Å². The van der Waals surface area contributed by atoms with Gasteiger partial charge in [0.2, 0.25) is 0 Å². The van der Waals surface area contributed by atoms with E-state index in [1.165, 1.54) is 0 Å². The first-order valence-corrected chi connectivity index (χ1v) is 6.83. The fraction of sp³-hybridized carbons (Fsp3) is 0.929. The van der Waals surface area contributed by atoms with Crippen molar-refractivity contribution in [1.29, 1.82) is 5.26 Å². The van der Waals surface area contributed by atoms with Crippen LogP contribution in [0.1, 0.15) is 40.5 Å². The first-order valence-electron chi connectivity index (χ1n) is 6.83. The third-order valence-electron chi connectivity index (χ3n) is 3.19. The normalized spacial score (nSPS) is 24.8. The zero-order valence-electron chi connectivity index (χ0n) is 12.0. The summed E-state index contributed by atoms with van der Waals surface area (Å²) in [4.78, 5) is 0. The Kier molecular flexibility index (Phi) is 6.07. The van der Waals surface area contributed by atoms with Crippen molar-refractivity contribution >= 4 is 0 Å². The lowest BCUT2D eigenvalue weighted by Gasteiger charge is -2.29. The molecule has 1 heterocycles. The number of hydrogen-bond acceptors (Lipinski definition) is 4. The Hall–Kier alpha value is -0.630. The highest BCUT2D eigenvalue weighted by atomic mass is 16.5. The molecule has 0 aliphatic carbocycles. The predicted molar refractivity (Wildman–Crippen MR) is 71.2 cm³/mol. The fourth-order valence-corrected chi connectivity index (χ4v) is 2.42. The summed E-state index contributed by atoms with van der Waals surface area (Å²) in [5, 5.41) is 12.6. The van der Waals surface area contributed by atoms with Crippen LogP contribution in [0.2, 0.25) is 0 Å².